The molecule has 0 radical (unpaired) electrons. The van der Waals surface area contributed by atoms with E-state index >= 15 is 0 Å². The third-order valence-electron chi connectivity index (χ3n) is 4.98. The molecule has 5 heteroatoms. The van der Waals surface area contributed by atoms with Gasteiger partial charge < -0.3 is 14.4 Å². The molecule has 0 saturated carbocycles. The number of benzene rings is 2. The molecule has 0 saturated heterocycles. The molecule has 1 heterocycles. The van der Waals surface area contributed by atoms with Gasteiger partial charge in [0.05, 0.1) is 24.9 Å². The van der Waals surface area contributed by atoms with Crippen LogP contribution >= 0.6 is 0 Å². The molecule has 152 valence electrons. The number of carbonyl (C=O) groups is 1. The second-order valence-electron chi connectivity index (χ2n) is 7.09. The first kappa shape index (κ1) is 20.8. The van der Waals surface area contributed by atoms with Crippen LogP contribution in [0.3, 0.4) is 0 Å². The third-order valence-corrected chi connectivity index (χ3v) is 4.98. The van der Waals surface area contributed by atoms with Crippen molar-refractivity contribution in [3.8, 4) is 17.0 Å². The quantitative estimate of drug-likeness (QED) is 0.562. The Morgan fingerprint density at radius 2 is 1.93 bits per heavy atom. The minimum Gasteiger partial charge on any atom is -0.497 e. The normalized spacial score (nSPS) is 10.9. The maximum absolute atomic E-state index is 12.5. The minimum absolute atomic E-state index is 0.104. The van der Waals surface area contributed by atoms with E-state index in [2.05, 4.69) is 31.2 Å². The molecule has 3 aromatic rings. The molecule has 0 fully saturated rings. The van der Waals surface area contributed by atoms with E-state index in [-0.39, 0.29) is 5.91 Å². The molecular formula is C24H28N2O3. The number of methoxy groups -OCH3 is 2. The van der Waals surface area contributed by atoms with Crippen molar-refractivity contribution in [1.82, 2.24) is 9.88 Å². The van der Waals surface area contributed by atoms with Crippen LogP contribution in [-0.4, -0.2) is 43.2 Å². The van der Waals surface area contributed by atoms with Gasteiger partial charge in [-0.25, -0.2) is 4.98 Å². The van der Waals surface area contributed by atoms with E-state index in [0.717, 1.165) is 33.5 Å². The van der Waals surface area contributed by atoms with E-state index in [0.29, 0.717) is 26.1 Å². The molecule has 0 aliphatic rings. The smallest absolute Gasteiger partial charge is 0.222 e. The van der Waals surface area contributed by atoms with Gasteiger partial charge in [-0.05, 0) is 36.8 Å². The molecule has 2 aromatic carbocycles. The Labute approximate surface area is 172 Å². The van der Waals surface area contributed by atoms with Crippen molar-refractivity contribution in [3.05, 3.63) is 59.7 Å². The van der Waals surface area contributed by atoms with Gasteiger partial charge in [0.25, 0.3) is 0 Å². The number of hydrogen-bond donors (Lipinski definition) is 0. The van der Waals surface area contributed by atoms with E-state index in [4.69, 9.17) is 14.5 Å². The van der Waals surface area contributed by atoms with Gasteiger partial charge in [-0.15, -0.1) is 0 Å². The summed E-state index contributed by atoms with van der Waals surface area (Å²) in [5.41, 5.74) is 4.99. The van der Waals surface area contributed by atoms with Crippen LogP contribution in [-0.2, 0) is 16.1 Å². The van der Waals surface area contributed by atoms with Gasteiger partial charge in [0.15, 0.2) is 0 Å². The van der Waals surface area contributed by atoms with E-state index < -0.39 is 0 Å². The number of hydrogen-bond acceptors (Lipinski definition) is 4. The molecule has 0 atom stereocenters. The maximum Gasteiger partial charge on any atom is 0.222 e. The van der Waals surface area contributed by atoms with Crippen LogP contribution in [0.2, 0.25) is 0 Å². The molecule has 0 bridgehead atoms. The molecule has 0 spiro atoms. The molecule has 0 aliphatic heterocycles. The lowest BCUT2D eigenvalue weighted by atomic mass is 10.0. The Bertz CT molecular complexity index is 1000. The van der Waals surface area contributed by atoms with Crippen LogP contribution in [0.4, 0.5) is 0 Å². The van der Waals surface area contributed by atoms with Crippen LogP contribution < -0.4 is 4.74 Å². The van der Waals surface area contributed by atoms with Crippen molar-refractivity contribution in [1.29, 1.82) is 0 Å². The first-order valence-electron chi connectivity index (χ1n) is 9.87. The molecule has 1 aromatic heterocycles. The van der Waals surface area contributed by atoms with Crippen LogP contribution in [0.15, 0.2) is 48.5 Å². The zero-order valence-electron chi connectivity index (χ0n) is 17.6. The van der Waals surface area contributed by atoms with Crippen molar-refractivity contribution in [2.24, 2.45) is 0 Å². The number of pyridine rings is 1. The number of carbonyl (C=O) groups excluding carboxylic acids is 1. The maximum atomic E-state index is 12.5. The average molecular weight is 392 g/mol. The molecule has 1 amide bonds. The fourth-order valence-electron chi connectivity index (χ4n) is 3.40. The van der Waals surface area contributed by atoms with E-state index in [1.54, 1.807) is 14.2 Å². The molecule has 0 aliphatic carbocycles. The number of rotatable bonds is 8. The van der Waals surface area contributed by atoms with Crippen LogP contribution in [0, 0.1) is 6.92 Å². The Kier molecular flexibility index (Phi) is 6.83. The summed E-state index contributed by atoms with van der Waals surface area (Å²) in [5.74, 6) is 0.878. The average Bonchev–Trinajstić information content (AvgIpc) is 2.75. The highest BCUT2D eigenvalue weighted by molar-refractivity contribution is 5.85. The molecule has 5 nitrogen and oxygen atoms in total. The summed E-state index contributed by atoms with van der Waals surface area (Å²) in [7, 11) is 3.30. The van der Waals surface area contributed by atoms with E-state index in [9.17, 15) is 4.79 Å². The standard InChI is InChI=1S/C24H28N2O3/c1-5-23(27)26(11-12-28-3)16-20-14-18-9-10-21(29-4)15-22(18)25-24(20)19-8-6-7-17(2)13-19/h6-10,13-15H,5,11-12,16H2,1-4H3. The summed E-state index contributed by atoms with van der Waals surface area (Å²) < 4.78 is 10.6. The molecule has 3 rings (SSSR count). The Balaban J connectivity index is 2.12. The molecule has 0 unspecified atom stereocenters. The van der Waals surface area contributed by atoms with Crippen molar-refractivity contribution in [3.63, 3.8) is 0 Å². The van der Waals surface area contributed by atoms with Gasteiger partial charge in [0.2, 0.25) is 5.91 Å². The summed E-state index contributed by atoms with van der Waals surface area (Å²) in [5, 5.41) is 1.02. The highest BCUT2D eigenvalue weighted by Crippen LogP contribution is 2.29. The van der Waals surface area contributed by atoms with Crippen molar-refractivity contribution < 1.29 is 14.3 Å². The van der Waals surface area contributed by atoms with Gasteiger partial charge in [0, 0.05) is 43.6 Å². The fourth-order valence-corrected chi connectivity index (χ4v) is 3.40. The zero-order chi connectivity index (χ0) is 20.8. The van der Waals surface area contributed by atoms with Crippen LogP contribution in [0.1, 0.15) is 24.5 Å². The van der Waals surface area contributed by atoms with Crippen LogP contribution in [0.25, 0.3) is 22.2 Å². The lowest BCUT2D eigenvalue weighted by Crippen LogP contribution is -2.33. The second kappa shape index (κ2) is 9.52. The van der Waals surface area contributed by atoms with Gasteiger partial charge in [-0.3, -0.25) is 4.79 Å². The summed E-state index contributed by atoms with van der Waals surface area (Å²) in [6.07, 6.45) is 0.460. The SMILES string of the molecule is CCC(=O)N(CCOC)Cc1cc2ccc(OC)cc2nc1-c1cccc(C)c1. The van der Waals surface area contributed by atoms with Crippen molar-refractivity contribution in [2.45, 2.75) is 26.8 Å². The summed E-state index contributed by atoms with van der Waals surface area (Å²) in [6, 6.07) is 16.3. The second-order valence-corrected chi connectivity index (χ2v) is 7.09. The minimum atomic E-state index is 0.104. The van der Waals surface area contributed by atoms with E-state index in [1.165, 1.54) is 5.56 Å². The van der Waals surface area contributed by atoms with E-state index in [1.807, 2.05) is 36.1 Å². The first-order chi connectivity index (χ1) is 14.0. The Hall–Kier alpha value is -2.92. The first-order valence-corrected chi connectivity index (χ1v) is 9.87. The Morgan fingerprint density at radius 3 is 2.62 bits per heavy atom. The van der Waals surface area contributed by atoms with Crippen molar-refractivity contribution >= 4 is 16.8 Å². The number of aromatic nitrogens is 1. The van der Waals surface area contributed by atoms with Gasteiger partial charge in [0.1, 0.15) is 5.75 Å². The number of aryl methyl sites for hydroxylation is 1. The lowest BCUT2D eigenvalue weighted by molar-refractivity contribution is -0.132. The highest BCUT2D eigenvalue weighted by atomic mass is 16.5. The monoisotopic (exact) mass is 392 g/mol. The van der Waals surface area contributed by atoms with Gasteiger partial charge in [-0.1, -0.05) is 30.7 Å². The number of fused-ring (bicyclic) bond motifs is 1. The lowest BCUT2D eigenvalue weighted by Gasteiger charge is -2.23. The van der Waals surface area contributed by atoms with Crippen LogP contribution in [0.5, 0.6) is 5.75 Å². The fraction of sp³-hybridized carbons (Fsp3) is 0.333. The summed E-state index contributed by atoms with van der Waals surface area (Å²) >= 11 is 0. The highest BCUT2D eigenvalue weighted by Gasteiger charge is 2.17. The number of amides is 1. The number of nitrogens with zero attached hydrogens (tertiary/aromatic N) is 2. The van der Waals surface area contributed by atoms with Gasteiger partial charge >= 0.3 is 0 Å². The largest absolute Gasteiger partial charge is 0.497 e. The molecule has 29 heavy (non-hydrogen) atoms. The number of ether oxygens (including phenoxy) is 2. The van der Waals surface area contributed by atoms with Gasteiger partial charge in [-0.2, -0.15) is 0 Å². The van der Waals surface area contributed by atoms with Crippen molar-refractivity contribution in [2.75, 3.05) is 27.4 Å². The third kappa shape index (κ3) is 4.93. The molecular weight excluding hydrogens is 364 g/mol. The topological polar surface area (TPSA) is 51.7 Å². The molecule has 0 N–H and O–H groups in total. The predicted molar refractivity (Wildman–Crippen MR) is 116 cm³/mol. The summed E-state index contributed by atoms with van der Waals surface area (Å²) in [4.78, 5) is 19.3. The Morgan fingerprint density at radius 1 is 1.10 bits per heavy atom. The predicted octanol–water partition coefficient (Wildman–Crippen LogP) is 4.60. The summed E-state index contributed by atoms with van der Waals surface area (Å²) in [6.45, 7) is 5.50. The zero-order valence-corrected chi connectivity index (χ0v) is 17.6.